The van der Waals surface area contributed by atoms with E-state index >= 15 is 0 Å². The van der Waals surface area contributed by atoms with Crippen molar-refractivity contribution < 1.29 is 4.39 Å². The van der Waals surface area contributed by atoms with Crippen molar-refractivity contribution in [3.05, 3.63) is 34.6 Å². The van der Waals surface area contributed by atoms with Gasteiger partial charge in [-0.2, -0.15) is 0 Å². The van der Waals surface area contributed by atoms with Gasteiger partial charge in [-0.3, -0.25) is 4.90 Å². The Hall–Kier alpha value is -0.640. The molecule has 17 heavy (non-hydrogen) atoms. The molecular weight excluding hydrogens is 239 g/mol. The molecule has 0 aliphatic carbocycles. The molecule has 2 nitrogen and oxygen atoms in total. The van der Waals surface area contributed by atoms with Crippen LogP contribution in [0.2, 0.25) is 5.02 Å². The van der Waals surface area contributed by atoms with Crippen LogP contribution in [0.3, 0.4) is 0 Å². The highest BCUT2D eigenvalue weighted by atomic mass is 35.5. The number of rotatable bonds is 4. The molecule has 1 heterocycles. The number of benzene rings is 1. The minimum absolute atomic E-state index is 0.216. The average Bonchev–Trinajstić information content (AvgIpc) is 2.73. The number of hydrogen-bond acceptors (Lipinski definition) is 2. The van der Waals surface area contributed by atoms with E-state index in [1.165, 1.54) is 6.42 Å². The largest absolute Gasteiger partial charge is 0.319 e. The summed E-state index contributed by atoms with van der Waals surface area (Å²) in [6.07, 6.45) is 1.18. The molecule has 0 bridgehead atoms. The van der Waals surface area contributed by atoms with Crippen molar-refractivity contribution >= 4 is 11.6 Å². The van der Waals surface area contributed by atoms with E-state index in [9.17, 15) is 4.39 Å². The maximum Gasteiger partial charge on any atom is 0.146 e. The number of hydrogen-bond donors (Lipinski definition) is 1. The van der Waals surface area contributed by atoms with Gasteiger partial charge in [0.25, 0.3) is 0 Å². The Balaban J connectivity index is 1.96. The van der Waals surface area contributed by atoms with Crippen LogP contribution in [-0.4, -0.2) is 31.6 Å². The molecule has 1 unspecified atom stereocenters. The van der Waals surface area contributed by atoms with E-state index in [0.717, 1.165) is 19.6 Å². The highest BCUT2D eigenvalue weighted by molar-refractivity contribution is 6.30. The molecule has 94 valence electrons. The van der Waals surface area contributed by atoms with Gasteiger partial charge in [-0.25, -0.2) is 4.39 Å². The van der Waals surface area contributed by atoms with Crippen LogP contribution in [0.15, 0.2) is 18.2 Å². The summed E-state index contributed by atoms with van der Waals surface area (Å²) in [5, 5.41) is 3.41. The summed E-state index contributed by atoms with van der Waals surface area (Å²) in [7, 11) is 1.97. The highest BCUT2D eigenvalue weighted by Gasteiger charge is 2.22. The third kappa shape index (κ3) is 3.18. The van der Waals surface area contributed by atoms with Gasteiger partial charge in [-0.1, -0.05) is 23.7 Å². The summed E-state index contributed by atoms with van der Waals surface area (Å²) in [4.78, 5) is 2.29. The first-order chi connectivity index (χ1) is 8.20. The SMILES string of the molecule is CNCC1CCN(Cc2cccc(Cl)c2F)C1. The summed E-state index contributed by atoms with van der Waals surface area (Å²) in [5.74, 6) is 0.411. The minimum atomic E-state index is -0.272. The van der Waals surface area contributed by atoms with Crippen molar-refractivity contribution in [3.63, 3.8) is 0 Å². The molecule has 4 heteroatoms. The molecule has 1 fully saturated rings. The van der Waals surface area contributed by atoms with Gasteiger partial charge in [0, 0.05) is 18.7 Å². The van der Waals surface area contributed by atoms with E-state index in [1.807, 2.05) is 19.2 Å². The van der Waals surface area contributed by atoms with Crippen LogP contribution in [0.25, 0.3) is 0 Å². The molecule has 2 rings (SSSR count). The average molecular weight is 257 g/mol. The number of halogens is 2. The standard InChI is InChI=1S/C13H18ClFN2/c1-16-7-10-5-6-17(8-10)9-11-3-2-4-12(14)13(11)15/h2-4,10,16H,5-9H2,1H3. The molecule has 0 saturated carbocycles. The van der Waals surface area contributed by atoms with Crippen molar-refractivity contribution in [2.75, 3.05) is 26.7 Å². The van der Waals surface area contributed by atoms with Crippen molar-refractivity contribution in [1.82, 2.24) is 10.2 Å². The first kappa shape index (κ1) is 12.8. The van der Waals surface area contributed by atoms with Crippen molar-refractivity contribution in [2.24, 2.45) is 5.92 Å². The molecule has 1 saturated heterocycles. The van der Waals surface area contributed by atoms with Gasteiger partial charge in [-0.15, -0.1) is 0 Å². The number of likely N-dealkylation sites (tertiary alicyclic amines) is 1. The van der Waals surface area contributed by atoms with E-state index in [0.29, 0.717) is 18.0 Å². The lowest BCUT2D eigenvalue weighted by molar-refractivity contribution is 0.310. The van der Waals surface area contributed by atoms with E-state index in [2.05, 4.69) is 10.2 Å². The van der Waals surface area contributed by atoms with Gasteiger partial charge in [0.05, 0.1) is 5.02 Å². The van der Waals surface area contributed by atoms with E-state index in [1.54, 1.807) is 6.07 Å². The predicted molar refractivity (Wildman–Crippen MR) is 68.7 cm³/mol. The third-order valence-corrected chi connectivity index (χ3v) is 3.58. The fourth-order valence-electron chi connectivity index (χ4n) is 2.42. The topological polar surface area (TPSA) is 15.3 Å². The van der Waals surface area contributed by atoms with E-state index < -0.39 is 0 Å². The monoisotopic (exact) mass is 256 g/mol. The lowest BCUT2D eigenvalue weighted by Gasteiger charge is -2.16. The van der Waals surface area contributed by atoms with Crippen LogP contribution in [0.1, 0.15) is 12.0 Å². The molecular formula is C13H18ClFN2. The van der Waals surface area contributed by atoms with Gasteiger partial charge in [0.1, 0.15) is 5.82 Å². The second-order valence-corrected chi connectivity index (χ2v) is 5.07. The second kappa shape index (κ2) is 5.80. The normalized spacial score (nSPS) is 21.0. The number of nitrogens with one attached hydrogen (secondary N) is 1. The summed E-state index contributed by atoms with van der Waals surface area (Å²) in [6, 6.07) is 5.21. The van der Waals surface area contributed by atoms with Crippen molar-refractivity contribution in [1.29, 1.82) is 0 Å². The second-order valence-electron chi connectivity index (χ2n) is 4.66. The van der Waals surface area contributed by atoms with E-state index in [4.69, 9.17) is 11.6 Å². The molecule has 0 amide bonds. The Morgan fingerprint density at radius 1 is 1.53 bits per heavy atom. The van der Waals surface area contributed by atoms with Gasteiger partial charge in [-0.05, 0) is 38.5 Å². The Bertz CT molecular complexity index is 384. The molecule has 0 spiro atoms. The van der Waals surface area contributed by atoms with E-state index in [-0.39, 0.29) is 10.8 Å². The first-order valence-electron chi connectivity index (χ1n) is 6.00. The predicted octanol–water partition coefficient (Wildman–Crippen LogP) is 2.52. The summed E-state index contributed by atoms with van der Waals surface area (Å²) in [5.41, 5.74) is 0.697. The molecule has 1 N–H and O–H groups in total. The molecule has 1 aliphatic rings. The van der Waals surface area contributed by atoms with Gasteiger partial charge in [0.15, 0.2) is 0 Å². The van der Waals surface area contributed by atoms with Crippen LogP contribution >= 0.6 is 11.6 Å². The number of nitrogens with zero attached hydrogens (tertiary/aromatic N) is 1. The fourth-order valence-corrected chi connectivity index (χ4v) is 2.62. The Kier molecular flexibility index (Phi) is 4.37. The summed E-state index contributed by atoms with van der Waals surface area (Å²) in [6.45, 7) is 3.77. The summed E-state index contributed by atoms with van der Waals surface area (Å²) >= 11 is 5.77. The lowest BCUT2D eigenvalue weighted by Crippen LogP contribution is -2.24. The Morgan fingerprint density at radius 3 is 3.12 bits per heavy atom. The fraction of sp³-hybridized carbons (Fsp3) is 0.538. The van der Waals surface area contributed by atoms with Crippen molar-refractivity contribution in [3.8, 4) is 0 Å². The van der Waals surface area contributed by atoms with Gasteiger partial charge < -0.3 is 5.32 Å². The lowest BCUT2D eigenvalue weighted by atomic mass is 10.1. The third-order valence-electron chi connectivity index (χ3n) is 3.29. The van der Waals surface area contributed by atoms with Crippen LogP contribution in [-0.2, 0) is 6.54 Å². The quantitative estimate of drug-likeness (QED) is 0.891. The Labute approximate surface area is 107 Å². The molecule has 1 aromatic rings. The maximum atomic E-state index is 13.7. The first-order valence-corrected chi connectivity index (χ1v) is 6.38. The zero-order chi connectivity index (χ0) is 12.3. The zero-order valence-electron chi connectivity index (χ0n) is 10.0. The van der Waals surface area contributed by atoms with Gasteiger partial charge >= 0.3 is 0 Å². The van der Waals surface area contributed by atoms with Crippen molar-refractivity contribution in [2.45, 2.75) is 13.0 Å². The zero-order valence-corrected chi connectivity index (χ0v) is 10.8. The molecule has 0 aromatic heterocycles. The van der Waals surface area contributed by atoms with Crippen LogP contribution in [0.5, 0.6) is 0 Å². The minimum Gasteiger partial charge on any atom is -0.319 e. The van der Waals surface area contributed by atoms with Crippen LogP contribution < -0.4 is 5.32 Å². The molecule has 1 atom stereocenters. The smallest absolute Gasteiger partial charge is 0.146 e. The maximum absolute atomic E-state index is 13.7. The van der Waals surface area contributed by atoms with Crippen LogP contribution in [0.4, 0.5) is 4.39 Å². The summed E-state index contributed by atoms with van der Waals surface area (Å²) < 4.78 is 13.7. The van der Waals surface area contributed by atoms with Crippen LogP contribution in [0, 0.1) is 11.7 Å². The van der Waals surface area contributed by atoms with Gasteiger partial charge in [0.2, 0.25) is 0 Å². The highest BCUT2D eigenvalue weighted by Crippen LogP contribution is 2.22. The Morgan fingerprint density at radius 2 is 2.35 bits per heavy atom. The molecule has 1 aromatic carbocycles. The molecule has 1 aliphatic heterocycles. The molecule has 0 radical (unpaired) electrons.